The fraction of sp³-hybridized carbons (Fsp3) is 0.462. The molecule has 17 heavy (non-hydrogen) atoms. The largest absolute Gasteiger partial charge is 0.384 e. The molecule has 0 atom stereocenters. The van der Waals surface area contributed by atoms with E-state index in [4.69, 9.17) is 11.1 Å². The summed E-state index contributed by atoms with van der Waals surface area (Å²) in [4.78, 5) is 0. The smallest absolute Gasteiger partial charge is 0.124 e. The lowest BCUT2D eigenvalue weighted by Gasteiger charge is -2.09. The Labute approximate surface area is 105 Å². The second-order valence-corrected chi connectivity index (χ2v) is 5.77. The first-order chi connectivity index (χ1) is 8.15. The Morgan fingerprint density at radius 2 is 2.06 bits per heavy atom. The summed E-state index contributed by atoms with van der Waals surface area (Å²) in [5, 5.41) is 8.05. The van der Waals surface area contributed by atoms with E-state index in [1.165, 1.54) is 37.8 Å². The van der Waals surface area contributed by atoms with E-state index in [0.29, 0.717) is 5.56 Å². The van der Waals surface area contributed by atoms with Gasteiger partial charge in [-0.05, 0) is 36.6 Å². The number of halogens is 1. The van der Waals surface area contributed by atoms with Crippen LogP contribution in [0.5, 0.6) is 0 Å². The standard InChI is InChI=1S/C13H17FN2S/c14-11-6-9(5-10(7-11)13(15)16)8-17-12-3-1-2-4-12/h5-7,12H,1-4,8H2,(H3,15,16). The lowest BCUT2D eigenvalue weighted by molar-refractivity contribution is 0.626. The molecular weight excluding hydrogens is 235 g/mol. The summed E-state index contributed by atoms with van der Waals surface area (Å²) in [6, 6.07) is 4.66. The van der Waals surface area contributed by atoms with E-state index in [1.807, 2.05) is 17.8 Å². The maximum absolute atomic E-state index is 13.3. The molecule has 4 heteroatoms. The summed E-state index contributed by atoms with van der Waals surface area (Å²) in [6.45, 7) is 0. The Kier molecular flexibility index (Phi) is 4.05. The molecule has 0 aromatic heterocycles. The summed E-state index contributed by atoms with van der Waals surface area (Å²) >= 11 is 1.89. The van der Waals surface area contributed by atoms with E-state index < -0.39 is 0 Å². The topological polar surface area (TPSA) is 49.9 Å². The molecule has 2 rings (SSSR count). The quantitative estimate of drug-likeness (QED) is 0.638. The molecule has 2 nitrogen and oxygen atoms in total. The Hall–Kier alpha value is -1.03. The van der Waals surface area contributed by atoms with E-state index in [-0.39, 0.29) is 11.7 Å². The number of nitrogens with two attached hydrogens (primary N) is 1. The van der Waals surface area contributed by atoms with Crippen molar-refractivity contribution < 1.29 is 4.39 Å². The van der Waals surface area contributed by atoms with Crippen molar-refractivity contribution in [1.82, 2.24) is 0 Å². The molecule has 0 radical (unpaired) electrons. The van der Waals surface area contributed by atoms with Crippen molar-refractivity contribution in [3.05, 3.63) is 35.1 Å². The fourth-order valence-electron chi connectivity index (χ4n) is 2.16. The summed E-state index contributed by atoms with van der Waals surface area (Å²) in [5.41, 5.74) is 6.78. The van der Waals surface area contributed by atoms with E-state index in [1.54, 1.807) is 0 Å². The molecule has 92 valence electrons. The molecule has 1 aromatic rings. The number of hydrogen-bond acceptors (Lipinski definition) is 2. The van der Waals surface area contributed by atoms with E-state index >= 15 is 0 Å². The van der Waals surface area contributed by atoms with Crippen molar-refractivity contribution in [2.75, 3.05) is 0 Å². The molecule has 1 aliphatic rings. The van der Waals surface area contributed by atoms with Crippen LogP contribution in [0.15, 0.2) is 18.2 Å². The maximum Gasteiger partial charge on any atom is 0.124 e. The number of nitrogens with one attached hydrogen (secondary N) is 1. The third kappa shape index (κ3) is 3.46. The molecule has 0 heterocycles. The zero-order valence-electron chi connectivity index (χ0n) is 9.71. The molecule has 0 spiro atoms. The molecule has 1 aromatic carbocycles. The molecule has 0 aliphatic heterocycles. The van der Waals surface area contributed by atoms with Crippen molar-refractivity contribution in [3.8, 4) is 0 Å². The highest BCUT2D eigenvalue weighted by molar-refractivity contribution is 7.99. The first-order valence-corrected chi connectivity index (χ1v) is 6.95. The molecule has 0 saturated heterocycles. The van der Waals surface area contributed by atoms with Gasteiger partial charge < -0.3 is 5.73 Å². The number of nitrogen functional groups attached to an aromatic ring is 1. The SMILES string of the molecule is N=C(N)c1cc(F)cc(CSC2CCCC2)c1. The first kappa shape index (κ1) is 12.4. The van der Waals surface area contributed by atoms with Gasteiger partial charge in [-0.15, -0.1) is 0 Å². The summed E-state index contributed by atoms with van der Waals surface area (Å²) in [5.74, 6) is 0.430. The Morgan fingerprint density at radius 3 is 2.71 bits per heavy atom. The van der Waals surface area contributed by atoms with Gasteiger partial charge in [0.25, 0.3) is 0 Å². The molecule has 0 bridgehead atoms. The highest BCUT2D eigenvalue weighted by Crippen LogP contribution is 2.31. The van der Waals surface area contributed by atoms with Crippen LogP contribution in [0.2, 0.25) is 0 Å². The van der Waals surface area contributed by atoms with Crippen molar-refractivity contribution in [2.24, 2.45) is 5.73 Å². The van der Waals surface area contributed by atoms with Gasteiger partial charge in [-0.3, -0.25) is 5.41 Å². The minimum absolute atomic E-state index is 0.0726. The van der Waals surface area contributed by atoms with Crippen molar-refractivity contribution in [1.29, 1.82) is 5.41 Å². The molecule has 0 unspecified atom stereocenters. The van der Waals surface area contributed by atoms with Gasteiger partial charge in [0.15, 0.2) is 0 Å². The summed E-state index contributed by atoms with van der Waals surface area (Å²) < 4.78 is 13.3. The number of thioether (sulfide) groups is 1. The Bertz CT molecular complexity index is 414. The van der Waals surface area contributed by atoms with Crippen LogP contribution in [0.25, 0.3) is 0 Å². The van der Waals surface area contributed by atoms with Gasteiger partial charge in [0.2, 0.25) is 0 Å². The Morgan fingerprint density at radius 1 is 1.35 bits per heavy atom. The monoisotopic (exact) mass is 252 g/mol. The van der Waals surface area contributed by atoms with Gasteiger partial charge >= 0.3 is 0 Å². The molecule has 1 saturated carbocycles. The van der Waals surface area contributed by atoms with Crippen molar-refractivity contribution in [3.63, 3.8) is 0 Å². The number of benzene rings is 1. The minimum Gasteiger partial charge on any atom is -0.384 e. The molecule has 1 aliphatic carbocycles. The molecule has 1 fully saturated rings. The zero-order chi connectivity index (χ0) is 12.3. The van der Waals surface area contributed by atoms with Crippen LogP contribution in [0, 0.1) is 11.2 Å². The predicted molar refractivity (Wildman–Crippen MR) is 71.0 cm³/mol. The average molecular weight is 252 g/mol. The van der Waals surface area contributed by atoms with Gasteiger partial charge in [0.05, 0.1) is 0 Å². The second kappa shape index (κ2) is 5.54. The van der Waals surface area contributed by atoms with Gasteiger partial charge in [-0.2, -0.15) is 11.8 Å². The lowest BCUT2D eigenvalue weighted by Crippen LogP contribution is -2.11. The summed E-state index contributed by atoms with van der Waals surface area (Å²) in [6.07, 6.45) is 5.19. The third-order valence-corrected chi connectivity index (χ3v) is 4.50. The number of amidine groups is 1. The van der Waals surface area contributed by atoms with Crippen LogP contribution < -0.4 is 5.73 Å². The zero-order valence-corrected chi connectivity index (χ0v) is 10.5. The lowest BCUT2D eigenvalue weighted by atomic mass is 10.1. The van der Waals surface area contributed by atoms with Crippen molar-refractivity contribution in [2.45, 2.75) is 36.7 Å². The number of hydrogen-bond donors (Lipinski definition) is 2. The normalized spacial score (nSPS) is 16.3. The predicted octanol–water partition coefficient (Wildman–Crippen LogP) is 3.29. The van der Waals surface area contributed by atoms with E-state index in [2.05, 4.69) is 0 Å². The van der Waals surface area contributed by atoms with Gasteiger partial charge in [0, 0.05) is 16.6 Å². The van der Waals surface area contributed by atoms with Gasteiger partial charge in [-0.25, -0.2) is 4.39 Å². The minimum atomic E-state index is -0.306. The number of rotatable bonds is 4. The van der Waals surface area contributed by atoms with E-state index in [0.717, 1.165) is 16.6 Å². The molecular formula is C13H17FN2S. The fourth-order valence-corrected chi connectivity index (χ4v) is 3.42. The highest BCUT2D eigenvalue weighted by atomic mass is 32.2. The van der Waals surface area contributed by atoms with Crippen molar-refractivity contribution >= 4 is 17.6 Å². The van der Waals surface area contributed by atoms with Crippen LogP contribution >= 0.6 is 11.8 Å². The van der Waals surface area contributed by atoms with Gasteiger partial charge in [-0.1, -0.05) is 12.8 Å². The first-order valence-electron chi connectivity index (χ1n) is 5.90. The summed E-state index contributed by atoms with van der Waals surface area (Å²) in [7, 11) is 0. The van der Waals surface area contributed by atoms with E-state index in [9.17, 15) is 4.39 Å². The van der Waals surface area contributed by atoms with Crippen LogP contribution in [0.4, 0.5) is 4.39 Å². The van der Waals surface area contributed by atoms with Crippen LogP contribution in [0.3, 0.4) is 0 Å². The highest BCUT2D eigenvalue weighted by Gasteiger charge is 2.15. The van der Waals surface area contributed by atoms with Crippen LogP contribution in [0.1, 0.15) is 36.8 Å². The Balaban J connectivity index is 2.01. The van der Waals surface area contributed by atoms with Crippen LogP contribution in [-0.4, -0.2) is 11.1 Å². The second-order valence-electron chi connectivity index (χ2n) is 4.48. The average Bonchev–Trinajstić information content (AvgIpc) is 2.78. The maximum atomic E-state index is 13.3. The van der Waals surface area contributed by atoms with Gasteiger partial charge in [0.1, 0.15) is 11.7 Å². The molecule has 3 N–H and O–H groups in total. The van der Waals surface area contributed by atoms with Crippen LogP contribution in [-0.2, 0) is 5.75 Å². The third-order valence-electron chi connectivity index (χ3n) is 3.06. The molecule has 0 amide bonds.